The molecule has 1 atom stereocenters. The first kappa shape index (κ1) is 14.1. The van der Waals surface area contributed by atoms with Crippen LogP contribution in [-0.4, -0.2) is 22.1 Å². The molecule has 1 aromatic carbocycles. The highest BCUT2D eigenvalue weighted by Gasteiger charge is 2.17. The number of rotatable bonds is 5. The van der Waals surface area contributed by atoms with Gasteiger partial charge in [0.2, 0.25) is 0 Å². The zero-order valence-electron chi connectivity index (χ0n) is 11.5. The lowest BCUT2D eigenvalue weighted by Gasteiger charge is -2.21. The fourth-order valence-electron chi connectivity index (χ4n) is 2.13. The molecule has 106 valence electrons. The molecular weight excluding hydrogens is 256 g/mol. The summed E-state index contributed by atoms with van der Waals surface area (Å²) in [5, 5.41) is 13.5. The van der Waals surface area contributed by atoms with Gasteiger partial charge in [0.05, 0.1) is 6.42 Å². The number of fused-ring (bicyclic) bond motifs is 1. The molecule has 1 unspecified atom stereocenters. The van der Waals surface area contributed by atoms with Gasteiger partial charge in [-0.2, -0.15) is 0 Å². The number of aromatic amines is 1. The molecule has 0 fully saturated rings. The molecule has 0 aliphatic heterocycles. The molecule has 3 N–H and O–H groups in total. The molecule has 0 amide bonds. The van der Waals surface area contributed by atoms with Crippen molar-refractivity contribution in [2.24, 2.45) is 5.92 Å². The quantitative estimate of drug-likeness (QED) is 0.782. The first-order valence-electron chi connectivity index (χ1n) is 6.58. The van der Waals surface area contributed by atoms with Gasteiger partial charge in [0.25, 0.3) is 5.56 Å². The molecular formula is C15H18N2O3. The molecule has 2 rings (SSSR count). The molecule has 0 spiro atoms. The molecule has 1 heterocycles. The first-order valence-corrected chi connectivity index (χ1v) is 6.58. The Balaban J connectivity index is 2.33. The van der Waals surface area contributed by atoms with Crippen LogP contribution in [0.25, 0.3) is 10.8 Å². The molecule has 0 aliphatic carbocycles. The number of hydrogen-bond acceptors (Lipinski definition) is 3. The number of benzene rings is 1. The summed E-state index contributed by atoms with van der Waals surface area (Å²) in [7, 11) is 0. The van der Waals surface area contributed by atoms with Gasteiger partial charge in [-0.25, -0.2) is 0 Å². The standard InChI is InChI=1S/C15H18N2O3/c1-9(2)12(8-14(18)19)16-13-7-10-5-3-4-6-11(10)15(20)17-13/h3-7,9,12H,8H2,1-2H3,(H,18,19)(H2,16,17,20). The van der Waals surface area contributed by atoms with Crippen LogP contribution in [0.4, 0.5) is 5.82 Å². The maximum absolute atomic E-state index is 12.0. The normalized spacial score (nSPS) is 12.6. The van der Waals surface area contributed by atoms with Crippen molar-refractivity contribution in [1.29, 1.82) is 0 Å². The highest BCUT2D eigenvalue weighted by molar-refractivity contribution is 5.83. The van der Waals surface area contributed by atoms with Gasteiger partial charge >= 0.3 is 5.97 Å². The van der Waals surface area contributed by atoms with Crippen LogP contribution < -0.4 is 10.9 Å². The minimum atomic E-state index is -0.862. The van der Waals surface area contributed by atoms with Crippen molar-refractivity contribution < 1.29 is 9.90 Å². The van der Waals surface area contributed by atoms with E-state index < -0.39 is 5.97 Å². The highest BCUT2D eigenvalue weighted by atomic mass is 16.4. The van der Waals surface area contributed by atoms with Crippen LogP contribution in [0.2, 0.25) is 0 Å². The first-order chi connectivity index (χ1) is 9.47. The molecule has 5 nitrogen and oxygen atoms in total. The summed E-state index contributed by atoms with van der Waals surface area (Å²) in [5.74, 6) is -0.172. The smallest absolute Gasteiger partial charge is 0.305 e. The molecule has 1 aromatic heterocycles. The van der Waals surface area contributed by atoms with E-state index in [9.17, 15) is 9.59 Å². The number of pyridine rings is 1. The number of aliphatic carboxylic acids is 1. The van der Waals surface area contributed by atoms with Crippen LogP contribution in [0.1, 0.15) is 20.3 Å². The van der Waals surface area contributed by atoms with Gasteiger partial charge < -0.3 is 15.4 Å². The summed E-state index contributed by atoms with van der Waals surface area (Å²) in [5.41, 5.74) is -0.177. The zero-order valence-corrected chi connectivity index (χ0v) is 11.5. The molecule has 0 radical (unpaired) electrons. The Morgan fingerprint density at radius 2 is 2.05 bits per heavy atom. The Morgan fingerprint density at radius 1 is 1.35 bits per heavy atom. The average Bonchev–Trinajstić information content (AvgIpc) is 2.37. The Kier molecular flexibility index (Phi) is 4.08. The summed E-state index contributed by atoms with van der Waals surface area (Å²) in [6, 6.07) is 8.89. The van der Waals surface area contributed by atoms with E-state index in [1.807, 2.05) is 38.1 Å². The summed E-state index contributed by atoms with van der Waals surface area (Å²) in [4.78, 5) is 25.6. The lowest BCUT2D eigenvalue weighted by molar-refractivity contribution is -0.137. The lowest BCUT2D eigenvalue weighted by atomic mass is 10.0. The van der Waals surface area contributed by atoms with Gasteiger partial charge in [-0.3, -0.25) is 9.59 Å². The summed E-state index contributed by atoms with van der Waals surface area (Å²) in [6.07, 6.45) is 0.00647. The van der Waals surface area contributed by atoms with Crippen LogP contribution in [-0.2, 0) is 4.79 Å². The number of aromatic nitrogens is 1. The highest BCUT2D eigenvalue weighted by Crippen LogP contribution is 2.16. The summed E-state index contributed by atoms with van der Waals surface area (Å²) in [6.45, 7) is 3.89. The molecule has 20 heavy (non-hydrogen) atoms. The number of carbonyl (C=O) groups is 1. The van der Waals surface area contributed by atoms with Crippen molar-refractivity contribution in [2.45, 2.75) is 26.3 Å². The SMILES string of the molecule is CC(C)C(CC(=O)O)Nc1cc2ccccc2c(=O)[nH]1. The third kappa shape index (κ3) is 3.17. The Labute approximate surface area is 116 Å². The Hall–Kier alpha value is -2.30. The second-order valence-electron chi connectivity index (χ2n) is 5.19. The number of hydrogen-bond donors (Lipinski definition) is 3. The predicted molar refractivity (Wildman–Crippen MR) is 79.1 cm³/mol. The number of carboxylic acid groups (broad SMARTS) is 1. The van der Waals surface area contributed by atoms with E-state index in [1.54, 1.807) is 6.07 Å². The number of H-pyrrole nitrogens is 1. The second kappa shape index (κ2) is 5.77. The average molecular weight is 274 g/mol. The third-order valence-electron chi connectivity index (χ3n) is 3.29. The molecule has 0 aliphatic rings. The van der Waals surface area contributed by atoms with Crippen LogP contribution in [0, 0.1) is 5.92 Å². The van der Waals surface area contributed by atoms with Crippen molar-refractivity contribution in [3.8, 4) is 0 Å². The van der Waals surface area contributed by atoms with Gasteiger partial charge in [-0.1, -0.05) is 32.0 Å². The minimum Gasteiger partial charge on any atom is -0.481 e. The largest absolute Gasteiger partial charge is 0.481 e. The van der Waals surface area contributed by atoms with E-state index in [0.717, 1.165) is 5.39 Å². The van der Waals surface area contributed by atoms with Crippen molar-refractivity contribution in [2.75, 3.05) is 5.32 Å². The van der Waals surface area contributed by atoms with Crippen molar-refractivity contribution in [3.05, 3.63) is 40.7 Å². The molecule has 0 saturated heterocycles. The van der Waals surface area contributed by atoms with Gasteiger partial charge in [0, 0.05) is 11.4 Å². The number of carboxylic acids is 1. The van der Waals surface area contributed by atoms with Gasteiger partial charge in [-0.05, 0) is 23.4 Å². The van der Waals surface area contributed by atoms with Gasteiger partial charge in [0.15, 0.2) is 0 Å². The van der Waals surface area contributed by atoms with Crippen molar-refractivity contribution in [1.82, 2.24) is 4.98 Å². The fourth-order valence-corrected chi connectivity index (χ4v) is 2.13. The molecule has 5 heteroatoms. The second-order valence-corrected chi connectivity index (χ2v) is 5.19. The minimum absolute atomic E-state index is 0.00647. The van der Waals surface area contributed by atoms with E-state index in [4.69, 9.17) is 5.11 Å². The van der Waals surface area contributed by atoms with Gasteiger partial charge in [-0.15, -0.1) is 0 Å². The van der Waals surface area contributed by atoms with Crippen LogP contribution >= 0.6 is 0 Å². The van der Waals surface area contributed by atoms with E-state index in [-0.39, 0.29) is 23.9 Å². The van der Waals surface area contributed by atoms with E-state index in [2.05, 4.69) is 10.3 Å². The Morgan fingerprint density at radius 3 is 2.70 bits per heavy atom. The van der Waals surface area contributed by atoms with Gasteiger partial charge in [0.1, 0.15) is 5.82 Å². The maximum atomic E-state index is 12.0. The number of nitrogens with one attached hydrogen (secondary N) is 2. The lowest BCUT2D eigenvalue weighted by Crippen LogP contribution is -2.29. The summed E-state index contributed by atoms with van der Waals surface area (Å²) < 4.78 is 0. The number of anilines is 1. The third-order valence-corrected chi connectivity index (χ3v) is 3.29. The molecule has 0 bridgehead atoms. The summed E-state index contributed by atoms with van der Waals surface area (Å²) >= 11 is 0. The van der Waals surface area contributed by atoms with Crippen LogP contribution in [0.15, 0.2) is 35.1 Å². The van der Waals surface area contributed by atoms with E-state index in [1.165, 1.54) is 0 Å². The monoisotopic (exact) mass is 274 g/mol. The predicted octanol–water partition coefficient (Wildman–Crippen LogP) is 2.44. The van der Waals surface area contributed by atoms with Crippen molar-refractivity contribution >= 4 is 22.6 Å². The van der Waals surface area contributed by atoms with Crippen LogP contribution in [0.5, 0.6) is 0 Å². The zero-order chi connectivity index (χ0) is 14.7. The van der Waals surface area contributed by atoms with Crippen LogP contribution in [0.3, 0.4) is 0 Å². The maximum Gasteiger partial charge on any atom is 0.305 e. The topological polar surface area (TPSA) is 82.2 Å². The van der Waals surface area contributed by atoms with Crippen molar-refractivity contribution in [3.63, 3.8) is 0 Å². The Bertz CT molecular complexity index is 676. The van der Waals surface area contributed by atoms with E-state index in [0.29, 0.717) is 11.2 Å². The van der Waals surface area contributed by atoms with E-state index >= 15 is 0 Å². The molecule has 2 aromatic rings. The molecule has 0 saturated carbocycles. The fraction of sp³-hybridized carbons (Fsp3) is 0.333.